The maximum atomic E-state index is 9.82. The minimum Gasteiger partial charge on any atom is -0.366 e. The van der Waals surface area contributed by atoms with Crippen LogP contribution in [-0.4, -0.2) is 42.0 Å². The van der Waals surface area contributed by atoms with Gasteiger partial charge in [-0.3, -0.25) is 0 Å². The number of fused-ring (bicyclic) bond motifs is 1. The lowest BCUT2D eigenvalue weighted by molar-refractivity contribution is -0.245. The van der Waals surface area contributed by atoms with Gasteiger partial charge < -0.3 is 19.3 Å². The van der Waals surface area contributed by atoms with Gasteiger partial charge in [0.25, 0.3) is 0 Å². The quantitative estimate of drug-likeness (QED) is 0.459. The smallest absolute Gasteiger partial charge is 0.184 e. The molecule has 7 nitrogen and oxygen atoms in total. The number of nitrogens with zero attached hydrogens (tertiary/aromatic N) is 3. The maximum absolute atomic E-state index is 9.82. The topological polar surface area (TPSA) is 96.7 Å². The molecular weight excluding hydrogens is 238 g/mol. The monoisotopic (exact) mass is 255 g/mol. The fraction of sp³-hybridized carbons (Fsp3) is 1.00. The Morgan fingerprint density at radius 3 is 2.67 bits per heavy atom. The average Bonchev–Trinajstić information content (AvgIpc) is 2.86. The highest BCUT2D eigenvalue weighted by Crippen LogP contribution is 2.45. The lowest BCUT2D eigenvalue weighted by Crippen LogP contribution is -2.37. The number of hydrogen-bond acceptors (Lipinski definition) is 5. The first-order valence-corrected chi connectivity index (χ1v) is 6.44. The minimum atomic E-state index is -0.991. The summed E-state index contributed by atoms with van der Waals surface area (Å²) in [6.07, 6.45) is 2.89. The van der Waals surface area contributed by atoms with Crippen molar-refractivity contribution < 1.29 is 19.3 Å². The number of hydrogen-bond donors (Lipinski definition) is 1. The molecule has 0 aromatic rings. The van der Waals surface area contributed by atoms with E-state index < -0.39 is 24.3 Å². The lowest BCUT2D eigenvalue weighted by atomic mass is 9.94. The Hall–Kier alpha value is -0.850. The summed E-state index contributed by atoms with van der Waals surface area (Å²) in [6.45, 7) is 0.161. The van der Waals surface area contributed by atoms with Crippen molar-refractivity contribution in [2.24, 2.45) is 5.11 Å². The molecule has 100 valence electrons. The molecule has 2 heterocycles. The Balaban J connectivity index is 1.73. The van der Waals surface area contributed by atoms with Gasteiger partial charge in [-0.05, 0) is 18.4 Å². The second kappa shape index (κ2) is 4.68. The number of ether oxygens (including phenoxy) is 3. The molecule has 2 aliphatic heterocycles. The van der Waals surface area contributed by atoms with E-state index >= 15 is 0 Å². The molecule has 1 spiro atoms. The zero-order valence-corrected chi connectivity index (χ0v) is 10.1. The van der Waals surface area contributed by atoms with Crippen LogP contribution < -0.4 is 0 Å². The molecule has 1 unspecified atom stereocenters. The average molecular weight is 255 g/mol. The summed E-state index contributed by atoms with van der Waals surface area (Å²) in [4.78, 5) is 2.71. The lowest BCUT2D eigenvalue weighted by Gasteiger charge is -2.33. The molecular formula is C11H17N3O4. The van der Waals surface area contributed by atoms with E-state index in [4.69, 9.17) is 19.7 Å². The first kappa shape index (κ1) is 12.2. The normalized spacial score (nSPS) is 41.6. The minimum absolute atomic E-state index is 0.161. The van der Waals surface area contributed by atoms with Gasteiger partial charge in [0, 0.05) is 17.8 Å². The van der Waals surface area contributed by atoms with Crippen molar-refractivity contribution in [2.75, 3.05) is 6.54 Å². The van der Waals surface area contributed by atoms with Crippen LogP contribution in [0.4, 0.5) is 0 Å². The van der Waals surface area contributed by atoms with E-state index in [2.05, 4.69) is 10.0 Å². The standard InChI is InChI=1S/C11H17N3O4/c12-14-13-6-7-8-9(10(15)16-7)18-11(17-8)4-2-1-3-5-11/h7-10,15H,1-6H2/t7-,8-,9-,10?/m1/s1. The van der Waals surface area contributed by atoms with Gasteiger partial charge in [0.05, 0.1) is 12.6 Å². The van der Waals surface area contributed by atoms with Crippen LogP contribution in [0.3, 0.4) is 0 Å². The predicted molar refractivity (Wildman–Crippen MR) is 60.5 cm³/mol. The van der Waals surface area contributed by atoms with Crippen molar-refractivity contribution in [2.45, 2.75) is 62.5 Å². The van der Waals surface area contributed by atoms with Crippen LogP contribution in [0.2, 0.25) is 0 Å². The number of azide groups is 1. The molecule has 7 heteroatoms. The van der Waals surface area contributed by atoms with Crippen molar-refractivity contribution >= 4 is 0 Å². The van der Waals surface area contributed by atoms with E-state index in [0.717, 1.165) is 25.7 Å². The van der Waals surface area contributed by atoms with Gasteiger partial charge in [-0.2, -0.15) is 0 Å². The van der Waals surface area contributed by atoms with Crippen LogP contribution in [0.1, 0.15) is 32.1 Å². The highest BCUT2D eigenvalue weighted by atomic mass is 16.8. The second-order valence-electron chi connectivity index (χ2n) is 5.11. The predicted octanol–water partition coefficient (Wildman–Crippen LogP) is 1.46. The molecule has 0 aromatic carbocycles. The van der Waals surface area contributed by atoms with Gasteiger partial charge in [-0.1, -0.05) is 11.5 Å². The van der Waals surface area contributed by atoms with Gasteiger partial charge in [-0.15, -0.1) is 0 Å². The summed E-state index contributed by atoms with van der Waals surface area (Å²) >= 11 is 0. The maximum Gasteiger partial charge on any atom is 0.184 e. The van der Waals surface area contributed by atoms with E-state index in [9.17, 15) is 5.11 Å². The van der Waals surface area contributed by atoms with Crippen molar-refractivity contribution in [3.8, 4) is 0 Å². The Morgan fingerprint density at radius 1 is 1.22 bits per heavy atom. The third kappa shape index (κ3) is 1.98. The van der Waals surface area contributed by atoms with Crippen molar-refractivity contribution in [1.82, 2.24) is 0 Å². The largest absolute Gasteiger partial charge is 0.366 e. The van der Waals surface area contributed by atoms with Gasteiger partial charge in [-0.25, -0.2) is 0 Å². The van der Waals surface area contributed by atoms with E-state index in [1.807, 2.05) is 0 Å². The molecule has 2 saturated heterocycles. The van der Waals surface area contributed by atoms with Crippen LogP contribution in [0.5, 0.6) is 0 Å². The summed E-state index contributed by atoms with van der Waals surface area (Å²) in [5.41, 5.74) is 8.34. The first-order valence-electron chi connectivity index (χ1n) is 6.44. The Kier molecular flexibility index (Phi) is 3.17. The summed E-state index contributed by atoms with van der Waals surface area (Å²) in [6, 6.07) is 0. The van der Waals surface area contributed by atoms with Gasteiger partial charge >= 0.3 is 0 Å². The van der Waals surface area contributed by atoms with Crippen LogP contribution >= 0.6 is 0 Å². The summed E-state index contributed by atoms with van der Waals surface area (Å²) in [5.74, 6) is -0.549. The van der Waals surface area contributed by atoms with Crippen LogP contribution in [0, 0.1) is 0 Å². The first-order chi connectivity index (χ1) is 8.74. The van der Waals surface area contributed by atoms with Crippen LogP contribution in [-0.2, 0) is 14.2 Å². The van der Waals surface area contributed by atoms with E-state index in [1.165, 1.54) is 6.42 Å². The molecule has 3 fully saturated rings. The highest BCUT2D eigenvalue weighted by molar-refractivity contribution is 4.98. The molecule has 4 atom stereocenters. The summed E-state index contributed by atoms with van der Waals surface area (Å²) in [5, 5.41) is 13.3. The second-order valence-corrected chi connectivity index (χ2v) is 5.11. The number of aliphatic hydroxyl groups is 1. The van der Waals surface area contributed by atoms with Crippen LogP contribution in [0.15, 0.2) is 5.11 Å². The Bertz CT molecular complexity index is 365. The van der Waals surface area contributed by atoms with Crippen molar-refractivity contribution in [3.05, 3.63) is 10.4 Å². The number of rotatable bonds is 2. The molecule has 0 amide bonds. The SMILES string of the molecule is [N-]=[N+]=NC[C@H]1OC(O)[C@@H]2OC3(CCCCC3)O[C@H]12. The van der Waals surface area contributed by atoms with E-state index in [0.29, 0.717) is 0 Å². The molecule has 3 aliphatic rings. The van der Waals surface area contributed by atoms with E-state index in [1.54, 1.807) is 0 Å². The van der Waals surface area contributed by atoms with Gasteiger partial charge in [0.2, 0.25) is 0 Å². The molecule has 0 bridgehead atoms. The van der Waals surface area contributed by atoms with E-state index in [-0.39, 0.29) is 12.6 Å². The van der Waals surface area contributed by atoms with Crippen LogP contribution in [0.25, 0.3) is 10.4 Å². The third-order valence-corrected chi connectivity index (χ3v) is 3.93. The highest BCUT2D eigenvalue weighted by Gasteiger charge is 2.57. The fourth-order valence-corrected chi connectivity index (χ4v) is 3.09. The molecule has 1 N–H and O–H groups in total. The molecule has 1 saturated carbocycles. The molecule has 1 aliphatic carbocycles. The zero-order valence-electron chi connectivity index (χ0n) is 10.1. The Morgan fingerprint density at radius 2 is 1.94 bits per heavy atom. The Labute approximate surface area is 105 Å². The molecule has 18 heavy (non-hydrogen) atoms. The summed E-state index contributed by atoms with van der Waals surface area (Å²) in [7, 11) is 0. The van der Waals surface area contributed by atoms with Gasteiger partial charge in [0.1, 0.15) is 12.2 Å². The fourth-order valence-electron chi connectivity index (χ4n) is 3.09. The molecule has 3 rings (SSSR count). The molecule has 0 aromatic heterocycles. The zero-order chi connectivity index (χ0) is 12.6. The van der Waals surface area contributed by atoms with Crippen molar-refractivity contribution in [1.29, 1.82) is 0 Å². The summed E-state index contributed by atoms with van der Waals surface area (Å²) < 4.78 is 17.2. The van der Waals surface area contributed by atoms with Gasteiger partial charge in [0.15, 0.2) is 12.1 Å². The number of aliphatic hydroxyl groups excluding tert-OH is 1. The van der Waals surface area contributed by atoms with Crippen molar-refractivity contribution in [3.63, 3.8) is 0 Å². The third-order valence-electron chi connectivity index (χ3n) is 3.93. The molecule has 0 radical (unpaired) electrons.